The fourth-order valence-electron chi connectivity index (χ4n) is 3.87. The Morgan fingerprint density at radius 2 is 1.52 bits per heavy atom. The monoisotopic (exact) mass is 440 g/mol. The van der Waals surface area contributed by atoms with Crippen LogP contribution < -0.4 is 15.0 Å². The SMILES string of the molecule is CCOc1ccc(C2=C(Nc3ccc(CC)cc3)C(=O)N(c3ccc(C)c(C)c3)C2=O)cc1. The van der Waals surface area contributed by atoms with E-state index in [1.165, 1.54) is 10.5 Å². The summed E-state index contributed by atoms with van der Waals surface area (Å²) in [5.74, 6) is 0.00102. The predicted octanol–water partition coefficient (Wildman–Crippen LogP) is 5.66. The number of hydrogen-bond donors (Lipinski definition) is 1. The molecule has 0 unspecified atom stereocenters. The Morgan fingerprint density at radius 3 is 2.12 bits per heavy atom. The maximum absolute atomic E-state index is 13.6. The molecular formula is C28H28N2O3. The molecule has 0 bridgehead atoms. The number of aryl methyl sites for hydroxylation is 3. The summed E-state index contributed by atoms with van der Waals surface area (Å²) in [5.41, 5.74) is 5.93. The predicted molar refractivity (Wildman–Crippen MR) is 132 cm³/mol. The maximum atomic E-state index is 13.6. The highest BCUT2D eigenvalue weighted by atomic mass is 16.5. The lowest BCUT2D eigenvalue weighted by atomic mass is 10.0. The normalized spacial score (nSPS) is 13.6. The summed E-state index contributed by atoms with van der Waals surface area (Å²) >= 11 is 0. The number of carbonyl (C=O) groups excluding carboxylic acids is 2. The van der Waals surface area contributed by atoms with Crippen LogP contribution in [0.1, 0.15) is 36.1 Å². The number of hydrogen-bond acceptors (Lipinski definition) is 4. The number of amides is 2. The van der Waals surface area contributed by atoms with Gasteiger partial charge in [0.15, 0.2) is 0 Å². The number of carbonyl (C=O) groups is 2. The quantitative estimate of drug-likeness (QED) is 0.482. The average Bonchev–Trinajstić information content (AvgIpc) is 3.06. The number of nitrogens with zero attached hydrogens (tertiary/aromatic N) is 1. The molecule has 1 N–H and O–H groups in total. The summed E-state index contributed by atoms with van der Waals surface area (Å²) in [6.07, 6.45) is 0.929. The van der Waals surface area contributed by atoms with Crippen molar-refractivity contribution in [3.05, 3.63) is 94.7 Å². The van der Waals surface area contributed by atoms with Crippen molar-refractivity contribution in [2.45, 2.75) is 34.1 Å². The number of imide groups is 1. The van der Waals surface area contributed by atoms with Gasteiger partial charge in [-0.1, -0.05) is 37.3 Å². The minimum atomic E-state index is -0.369. The third-order valence-corrected chi connectivity index (χ3v) is 5.92. The van der Waals surface area contributed by atoms with E-state index in [4.69, 9.17) is 4.74 Å². The van der Waals surface area contributed by atoms with E-state index in [0.717, 1.165) is 23.2 Å². The Kier molecular flexibility index (Phi) is 6.31. The zero-order valence-electron chi connectivity index (χ0n) is 19.4. The molecule has 1 aliphatic rings. The molecule has 0 fully saturated rings. The Labute approximate surface area is 194 Å². The summed E-state index contributed by atoms with van der Waals surface area (Å²) in [6.45, 7) is 8.54. The largest absolute Gasteiger partial charge is 0.494 e. The van der Waals surface area contributed by atoms with Crippen molar-refractivity contribution in [3.63, 3.8) is 0 Å². The molecule has 5 heteroatoms. The van der Waals surface area contributed by atoms with Gasteiger partial charge in [-0.05, 0) is 85.8 Å². The molecule has 0 saturated carbocycles. The van der Waals surface area contributed by atoms with Gasteiger partial charge in [-0.25, -0.2) is 4.90 Å². The number of anilines is 2. The van der Waals surface area contributed by atoms with Gasteiger partial charge in [-0.2, -0.15) is 0 Å². The molecular weight excluding hydrogens is 412 g/mol. The van der Waals surface area contributed by atoms with Crippen molar-refractivity contribution >= 4 is 28.8 Å². The van der Waals surface area contributed by atoms with Gasteiger partial charge in [0.25, 0.3) is 11.8 Å². The van der Waals surface area contributed by atoms with Crippen LogP contribution in [0.2, 0.25) is 0 Å². The number of benzene rings is 3. The first-order valence-electron chi connectivity index (χ1n) is 11.2. The average molecular weight is 441 g/mol. The van der Waals surface area contributed by atoms with Gasteiger partial charge < -0.3 is 10.1 Å². The Bertz CT molecular complexity index is 1230. The molecule has 0 aromatic heterocycles. The van der Waals surface area contributed by atoms with Crippen molar-refractivity contribution in [1.29, 1.82) is 0 Å². The Balaban J connectivity index is 1.78. The van der Waals surface area contributed by atoms with Gasteiger partial charge in [-0.3, -0.25) is 9.59 Å². The van der Waals surface area contributed by atoms with Crippen LogP contribution in [0.3, 0.4) is 0 Å². The second kappa shape index (κ2) is 9.33. The van der Waals surface area contributed by atoms with Crippen LogP contribution in [0.25, 0.3) is 5.57 Å². The van der Waals surface area contributed by atoms with E-state index in [2.05, 4.69) is 12.2 Å². The van der Waals surface area contributed by atoms with E-state index in [1.807, 2.05) is 87.5 Å². The van der Waals surface area contributed by atoms with E-state index in [0.29, 0.717) is 29.2 Å². The van der Waals surface area contributed by atoms with E-state index >= 15 is 0 Å². The highest BCUT2D eigenvalue weighted by Crippen LogP contribution is 2.35. The number of nitrogens with one attached hydrogen (secondary N) is 1. The highest BCUT2D eigenvalue weighted by molar-refractivity contribution is 6.46. The number of ether oxygens (including phenoxy) is 1. The van der Waals surface area contributed by atoms with Crippen LogP contribution in [0.5, 0.6) is 5.75 Å². The molecule has 0 aliphatic carbocycles. The first kappa shape index (κ1) is 22.3. The van der Waals surface area contributed by atoms with E-state index < -0.39 is 0 Å². The lowest BCUT2D eigenvalue weighted by molar-refractivity contribution is -0.120. The van der Waals surface area contributed by atoms with E-state index in [1.54, 1.807) is 0 Å². The molecule has 5 nitrogen and oxygen atoms in total. The molecule has 168 valence electrons. The third kappa shape index (κ3) is 4.40. The molecule has 3 aromatic rings. The maximum Gasteiger partial charge on any atom is 0.282 e. The molecule has 1 aliphatic heterocycles. The zero-order valence-corrected chi connectivity index (χ0v) is 19.4. The molecule has 1 heterocycles. The molecule has 2 amide bonds. The van der Waals surface area contributed by atoms with Crippen LogP contribution in [0.15, 0.2) is 72.4 Å². The van der Waals surface area contributed by atoms with Gasteiger partial charge in [0.2, 0.25) is 0 Å². The standard InChI is InChI=1S/C28H28N2O3/c1-5-20-8-12-22(13-9-20)29-26-25(21-10-15-24(16-11-21)33-6-2)27(31)30(28(26)32)23-14-7-18(3)19(4)17-23/h7-17,29H,5-6H2,1-4H3. The lowest BCUT2D eigenvalue weighted by Crippen LogP contribution is -2.32. The van der Waals surface area contributed by atoms with Gasteiger partial charge in [-0.15, -0.1) is 0 Å². The van der Waals surface area contributed by atoms with Gasteiger partial charge in [0.1, 0.15) is 11.4 Å². The lowest BCUT2D eigenvalue weighted by Gasteiger charge is -2.17. The third-order valence-electron chi connectivity index (χ3n) is 5.92. The van der Waals surface area contributed by atoms with Crippen molar-refractivity contribution in [2.24, 2.45) is 0 Å². The van der Waals surface area contributed by atoms with Gasteiger partial charge in [0.05, 0.1) is 17.9 Å². The zero-order chi connectivity index (χ0) is 23.5. The van der Waals surface area contributed by atoms with Crippen molar-refractivity contribution < 1.29 is 14.3 Å². The second-order valence-electron chi connectivity index (χ2n) is 8.10. The van der Waals surface area contributed by atoms with Crippen LogP contribution in [0, 0.1) is 13.8 Å². The summed E-state index contributed by atoms with van der Waals surface area (Å²) in [7, 11) is 0. The molecule has 3 aromatic carbocycles. The fraction of sp³-hybridized carbons (Fsp3) is 0.214. The van der Waals surface area contributed by atoms with Crippen molar-refractivity contribution in [2.75, 3.05) is 16.8 Å². The van der Waals surface area contributed by atoms with Gasteiger partial charge in [0, 0.05) is 5.69 Å². The minimum Gasteiger partial charge on any atom is -0.494 e. The smallest absolute Gasteiger partial charge is 0.282 e. The van der Waals surface area contributed by atoms with Gasteiger partial charge >= 0.3 is 0 Å². The van der Waals surface area contributed by atoms with Crippen LogP contribution in [-0.2, 0) is 16.0 Å². The Hall–Kier alpha value is -3.86. The van der Waals surface area contributed by atoms with Crippen molar-refractivity contribution in [3.8, 4) is 5.75 Å². The summed E-state index contributed by atoms with van der Waals surface area (Å²) < 4.78 is 5.54. The molecule has 0 atom stereocenters. The minimum absolute atomic E-state index is 0.270. The molecule has 0 radical (unpaired) electrons. The summed E-state index contributed by atoms with van der Waals surface area (Å²) in [5, 5.41) is 3.22. The van der Waals surface area contributed by atoms with Crippen LogP contribution in [-0.4, -0.2) is 18.4 Å². The number of rotatable bonds is 7. The summed E-state index contributed by atoms with van der Waals surface area (Å²) in [4.78, 5) is 28.4. The van der Waals surface area contributed by atoms with E-state index in [9.17, 15) is 9.59 Å². The van der Waals surface area contributed by atoms with E-state index in [-0.39, 0.29) is 17.5 Å². The van der Waals surface area contributed by atoms with Crippen molar-refractivity contribution in [1.82, 2.24) is 0 Å². The van der Waals surface area contributed by atoms with Crippen LogP contribution in [0.4, 0.5) is 11.4 Å². The molecule has 33 heavy (non-hydrogen) atoms. The van der Waals surface area contributed by atoms with Crippen LogP contribution >= 0.6 is 0 Å². The molecule has 4 rings (SSSR count). The fourth-order valence-corrected chi connectivity index (χ4v) is 3.87. The highest BCUT2D eigenvalue weighted by Gasteiger charge is 2.40. The Morgan fingerprint density at radius 1 is 0.818 bits per heavy atom. The first-order chi connectivity index (χ1) is 15.9. The topological polar surface area (TPSA) is 58.6 Å². The first-order valence-corrected chi connectivity index (χ1v) is 11.2. The molecule has 0 spiro atoms. The summed E-state index contributed by atoms with van der Waals surface area (Å²) in [6, 6.07) is 20.8. The molecule has 0 saturated heterocycles. The second-order valence-corrected chi connectivity index (χ2v) is 8.10.